The summed E-state index contributed by atoms with van der Waals surface area (Å²) in [7, 11) is -3.98. The molecule has 2 N–H and O–H groups in total. The van der Waals surface area contributed by atoms with Gasteiger partial charge in [-0.15, -0.1) is 0 Å². The summed E-state index contributed by atoms with van der Waals surface area (Å²) in [6.45, 7) is 12.2. The number of ether oxygens (including phenoxy) is 1. The van der Waals surface area contributed by atoms with E-state index >= 15 is 0 Å². The van der Waals surface area contributed by atoms with Gasteiger partial charge in [-0.05, 0) is 29.4 Å². The molecule has 0 atom stereocenters. The number of benzene rings is 1. The van der Waals surface area contributed by atoms with Crippen LogP contribution in [0.25, 0.3) is 0 Å². The molecule has 0 saturated carbocycles. The van der Waals surface area contributed by atoms with Crippen molar-refractivity contribution >= 4 is 10.1 Å². The average molecular weight is 344 g/mol. The first-order valence-corrected chi connectivity index (χ1v) is 9.28. The van der Waals surface area contributed by atoms with E-state index in [1.807, 2.05) is 47.6 Å². The third kappa shape index (κ3) is 6.03. The van der Waals surface area contributed by atoms with Crippen molar-refractivity contribution in [3.05, 3.63) is 23.3 Å². The van der Waals surface area contributed by atoms with E-state index in [9.17, 15) is 13.5 Å². The molecule has 0 radical (unpaired) electrons. The second kappa shape index (κ2) is 6.69. The molecule has 0 aliphatic heterocycles. The molecule has 0 amide bonds. The summed E-state index contributed by atoms with van der Waals surface area (Å²) in [5.74, 6) is 0.533. The molecule has 0 aliphatic rings. The van der Waals surface area contributed by atoms with E-state index in [2.05, 4.69) is 0 Å². The Morgan fingerprint density at radius 2 is 1.52 bits per heavy atom. The van der Waals surface area contributed by atoms with Gasteiger partial charge in [-0.1, -0.05) is 41.5 Å². The van der Waals surface area contributed by atoms with Gasteiger partial charge in [0.15, 0.2) is 0 Å². The largest absolute Gasteiger partial charge is 0.508 e. The second-order valence-electron chi connectivity index (χ2n) is 7.85. The number of aromatic hydroxyl groups is 1. The van der Waals surface area contributed by atoms with Crippen molar-refractivity contribution in [1.29, 1.82) is 0 Å². The zero-order valence-corrected chi connectivity index (χ0v) is 15.6. The minimum absolute atomic E-state index is 0.178. The molecule has 0 unspecified atom stereocenters. The van der Waals surface area contributed by atoms with E-state index in [1.54, 1.807) is 6.07 Å². The minimum Gasteiger partial charge on any atom is -0.508 e. The van der Waals surface area contributed by atoms with E-state index in [-0.39, 0.29) is 35.4 Å². The summed E-state index contributed by atoms with van der Waals surface area (Å²) in [5, 5.41) is 10.3. The first-order chi connectivity index (χ1) is 10.2. The molecule has 0 aliphatic carbocycles. The molecule has 1 aromatic rings. The third-order valence-electron chi connectivity index (χ3n) is 3.52. The fraction of sp³-hybridized carbons (Fsp3) is 0.647. The van der Waals surface area contributed by atoms with Crippen LogP contribution in [0.15, 0.2) is 12.1 Å². The van der Waals surface area contributed by atoms with Crippen LogP contribution in [0.4, 0.5) is 0 Å². The highest BCUT2D eigenvalue weighted by Gasteiger charge is 2.25. The van der Waals surface area contributed by atoms with Crippen LogP contribution in [-0.2, 0) is 20.9 Å². The quantitative estimate of drug-likeness (QED) is 0.629. The highest BCUT2D eigenvalue weighted by atomic mass is 32.2. The van der Waals surface area contributed by atoms with Crippen molar-refractivity contribution in [2.45, 2.75) is 58.8 Å². The van der Waals surface area contributed by atoms with E-state index in [0.717, 1.165) is 11.1 Å². The van der Waals surface area contributed by atoms with Crippen molar-refractivity contribution in [3.63, 3.8) is 0 Å². The Morgan fingerprint density at radius 1 is 1.00 bits per heavy atom. The molecule has 1 aromatic carbocycles. The summed E-state index contributed by atoms with van der Waals surface area (Å²) in [4.78, 5) is 0. The molecule has 0 fully saturated rings. The van der Waals surface area contributed by atoms with Crippen LogP contribution >= 0.6 is 0 Å². The van der Waals surface area contributed by atoms with Gasteiger partial charge in [0.2, 0.25) is 0 Å². The lowest BCUT2D eigenvalue weighted by Crippen LogP contribution is -2.18. The molecule has 23 heavy (non-hydrogen) atoms. The smallest absolute Gasteiger partial charge is 0.264 e. The molecular formula is C17H28O5S. The Morgan fingerprint density at radius 3 is 1.96 bits per heavy atom. The van der Waals surface area contributed by atoms with Gasteiger partial charge in [0.1, 0.15) is 11.5 Å². The molecule has 0 saturated heterocycles. The van der Waals surface area contributed by atoms with Crippen LogP contribution in [0.2, 0.25) is 0 Å². The predicted molar refractivity (Wildman–Crippen MR) is 92.0 cm³/mol. The Hall–Kier alpha value is -1.27. The van der Waals surface area contributed by atoms with Crippen molar-refractivity contribution in [3.8, 4) is 11.5 Å². The molecular weight excluding hydrogens is 316 g/mol. The van der Waals surface area contributed by atoms with Gasteiger partial charge >= 0.3 is 0 Å². The summed E-state index contributed by atoms with van der Waals surface area (Å²) < 4.78 is 36.1. The molecule has 0 spiro atoms. The highest BCUT2D eigenvalue weighted by molar-refractivity contribution is 7.85. The zero-order valence-electron chi connectivity index (χ0n) is 14.8. The standard InChI is InChI=1S/C17H28O5S/c1-16(2,3)12-11-15(22-8-7-9-23(19,20)21)13(10-14(12)18)17(4,5)6/h10-11,18H,7-9H2,1-6H3,(H,19,20,21). The molecule has 0 heterocycles. The minimum atomic E-state index is -3.98. The fourth-order valence-corrected chi connectivity index (χ4v) is 2.78. The van der Waals surface area contributed by atoms with E-state index < -0.39 is 10.1 Å². The maximum absolute atomic E-state index is 10.8. The lowest BCUT2D eigenvalue weighted by molar-refractivity contribution is 0.305. The summed E-state index contributed by atoms with van der Waals surface area (Å²) in [5.41, 5.74) is 1.16. The molecule has 0 bridgehead atoms. The van der Waals surface area contributed by atoms with Crippen molar-refractivity contribution in [2.24, 2.45) is 0 Å². The van der Waals surface area contributed by atoms with E-state index in [1.165, 1.54) is 0 Å². The number of hydrogen-bond donors (Lipinski definition) is 2. The van der Waals surface area contributed by atoms with E-state index in [0.29, 0.717) is 5.75 Å². The van der Waals surface area contributed by atoms with Crippen LogP contribution in [0.1, 0.15) is 59.1 Å². The van der Waals surface area contributed by atoms with Crippen LogP contribution in [0.5, 0.6) is 11.5 Å². The highest BCUT2D eigenvalue weighted by Crippen LogP contribution is 2.40. The lowest BCUT2D eigenvalue weighted by atomic mass is 9.81. The van der Waals surface area contributed by atoms with E-state index in [4.69, 9.17) is 9.29 Å². The normalized spacial score (nSPS) is 13.2. The third-order valence-corrected chi connectivity index (χ3v) is 4.32. The van der Waals surface area contributed by atoms with Gasteiger partial charge in [0, 0.05) is 11.1 Å². The number of phenolic OH excluding ortho intramolecular Hbond substituents is 1. The zero-order chi connectivity index (χ0) is 18.1. The van der Waals surface area contributed by atoms with Gasteiger partial charge in [-0.25, -0.2) is 0 Å². The summed E-state index contributed by atoms with van der Waals surface area (Å²) in [6.07, 6.45) is 0.203. The summed E-state index contributed by atoms with van der Waals surface area (Å²) in [6, 6.07) is 3.54. The maximum atomic E-state index is 10.8. The van der Waals surface area contributed by atoms with Crippen LogP contribution in [0, 0.1) is 0 Å². The number of phenols is 1. The maximum Gasteiger partial charge on any atom is 0.264 e. The topological polar surface area (TPSA) is 83.8 Å². The summed E-state index contributed by atoms with van der Waals surface area (Å²) >= 11 is 0. The average Bonchev–Trinajstić information content (AvgIpc) is 2.31. The predicted octanol–water partition coefficient (Wildman–Crippen LogP) is 3.64. The molecule has 0 aromatic heterocycles. The van der Waals surface area contributed by atoms with Crippen LogP contribution < -0.4 is 4.74 Å². The van der Waals surface area contributed by atoms with Gasteiger partial charge in [0.25, 0.3) is 10.1 Å². The van der Waals surface area contributed by atoms with Crippen molar-refractivity contribution < 1.29 is 22.8 Å². The second-order valence-corrected chi connectivity index (χ2v) is 9.43. The fourth-order valence-electron chi connectivity index (χ4n) is 2.30. The Balaban J connectivity index is 3.11. The van der Waals surface area contributed by atoms with Gasteiger partial charge in [0.05, 0.1) is 12.4 Å². The molecule has 1 rings (SSSR count). The van der Waals surface area contributed by atoms with Gasteiger partial charge in [-0.2, -0.15) is 8.42 Å². The molecule has 5 nitrogen and oxygen atoms in total. The Labute approximate surface area is 139 Å². The van der Waals surface area contributed by atoms with Gasteiger partial charge < -0.3 is 9.84 Å². The van der Waals surface area contributed by atoms with Gasteiger partial charge in [-0.3, -0.25) is 4.55 Å². The van der Waals surface area contributed by atoms with Crippen LogP contribution in [0.3, 0.4) is 0 Å². The van der Waals surface area contributed by atoms with Crippen molar-refractivity contribution in [1.82, 2.24) is 0 Å². The lowest BCUT2D eigenvalue weighted by Gasteiger charge is -2.27. The van der Waals surface area contributed by atoms with Crippen LogP contribution in [-0.4, -0.2) is 30.4 Å². The molecule has 132 valence electrons. The Bertz CT molecular complexity index is 649. The molecule has 6 heteroatoms. The first kappa shape index (κ1) is 19.8. The monoisotopic (exact) mass is 344 g/mol. The number of hydrogen-bond acceptors (Lipinski definition) is 4. The first-order valence-electron chi connectivity index (χ1n) is 7.68. The Kier molecular flexibility index (Phi) is 5.75. The number of rotatable bonds is 5. The SMILES string of the molecule is CC(C)(C)c1cc(OCCCS(=O)(=O)O)c(C(C)(C)C)cc1O. The van der Waals surface area contributed by atoms with Crippen molar-refractivity contribution in [2.75, 3.05) is 12.4 Å².